The summed E-state index contributed by atoms with van der Waals surface area (Å²) in [5, 5.41) is 0.372. The van der Waals surface area contributed by atoms with E-state index in [0.29, 0.717) is 12.1 Å². The number of amides is 2. The van der Waals surface area contributed by atoms with E-state index in [1.807, 2.05) is 35.8 Å². The summed E-state index contributed by atoms with van der Waals surface area (Å²) in [7, 11) is 0. The summed E-state index contributed by atoms with van der Waals surface area (Å²) < 4.78 is 21.4. The van der Waals surface area contributed by atoms with Gasteiger partial charge in [0.1, 0.15) is 12.4 Å². The molecule has 2 amide bonds. The number of carbonyl (C=O) groups is 3. The fraction of sp³-hybridized carbons (Fsp3) is 0.240. The zero-order chi connectivity index (χ0) is 23.7. The van der Waals surface area contributed by atoms with Crippen LogP contribution in [-0.4, -0.2) is 39.2 Å². The molecule has 1 aliphatic rings. The average Bonchev–Trinajstić information content (AvgIpc) is 3.18. The number of aromatic nitrogens is 1. The van der Waals surface area contributed by atoms with Crippen molar-refractivity contribution in [3.05, 3.63) is 76.1 Å². The Labute approximate surface area is 195 Å². The molecule has 1 aliphatic heterocycles. The highest BCUT2D eigenvalue weighted by atomic mass is 32.2. The molecular weight excluding hydrogens is 443 g/mol. The van der Waals surface area contributed by atoms with Crippen molar-refractivity contribution in [3.63, 3.8) is 0 Å². The number of carbonyl (C=O) groups excluding carboxylic acids is 3. The minimum atomic E-state index is -0.633. The van der Waals surface area contributed by atoms with Crippen molar-refractivity contribution < 1.29 is 23.5 Å². The van der Waals surface area contributed by atoms with Crippen LogP contribution in [0.1, 0.15) is 30.7 Å². The molecule has 8 heteroatoms. The first-order chi connectivity index (χ1) is 15.8. The van der Waals surface area contributed by atoms with Crippen molar-refractivity contribution in [3.8, 4) is 0 Å². The molecule has 4 rings (SSSR count). The minimum absolute atomic E-state index is 0.231. The van der Waals surface area contributed by atoms with Crippen LogP contribution in [-0.2, 0) is 20.9 Å². The SMILES string of the molecule is Cc1c(/C=C2\SC(=O)N(CC(=O)OC(C)C)C2=O)c2ccccc2n1Cc1ccccc1F. The number of esters is 1. The highest BCUT2D eigenvalue weighted by Gasteiger charge is 2.37. The number of para-hydroxylation sites is 1. The maximum Gasteiger partial charge on any atom is 0.326 e. The molecular formula is C25H23FN2O4S. The van der Waals surface area contributed by atoms with E-state index in [4.69, 9.17) is 4.74 Å². The Hall–Kier alpha value is -3.39. The summed E-state index contributed by atoms with van der Waals surface area (Å²) in [5.41, 5.74) is 3.06. The third-order valence-corrected chi connectivity index (χ3v) is 6.28. The zero-order valence-electron chi connectivity index (χ0n) is 18.5. The van der Waals surface area contributed by atoms with E-state index in [0.717, 1.165) is 38.8 Å². The van der Waals surface area contributed by atoms with Crippen molar-refractivity contribution in [1.29, 1.82) is 0 Å². The molecule has 1 fully saturated rings. The summed E-state index contributed by atoms with van der Waals surface area (Å²) in [6.07, 6.45) is 1.34. The van der Waals surface area contributed by atoms with E-state index in [9.17, 15) is 18.8 Å². The zero-order valence-corrected chi connectivity index (χ0v) is 19.3. The number of thioether (sulfide) groups is 1. The molecule has 3 aromatic rings. The van der Waals surface area contributed by atoms with Crippen molar-refractivity contribution in [2.24, 2.45) is 0 Å². The van der Waals surface area contributed by atoms with Crippen LogP contribution in [0.25, 0.3) is 17.0 Å². The second-order valence-electron chi connectivity index (χ2n) is 8.00. The predicted molar refractivity (Wildman–Crippen MR) is 126 cm³/mol. The van der Waals surface area contributed by atoms with Gasteiger partial charge in [0.25, 0.3) is 11.1 Å². The second-order valence-corrected chi connectivity index (χ2v) is 8.99. The first-order valence-electron chi connectivity index (χ1n) is 10.5. The molecule has 1 saturated heterocycles. The molecule has 2 heterocycles. The molecule has 0 spiro atoms. The first kappa shape index (κ1) is 22.8. The number of halogens is 1. The Balaban J connectivity index is 1.70. The van der Waals surface area contributed by atoms with Gasteiger partial charge >= 0.3 is 5.97 Å². The minimum Gasteiger partial charge on any atom is -0.462 e. The summed E-state index contributed by atoms with van der Waals surface area (Å²) in [6.45, 7) is 5.21. The van der Waals surface area contributed by atoms with E-state index in [1.165, 1.54) is 6.07 Å². The molecule has 0 unspecified atom stereocenters. The lowest BCUT2D eigenvalue weighted by Gasteiger charge is -2.13. The number of nitrogens with zero attached hydrogens (tertiary/aromatic N) is 2. The van der Waals surface area contributed by atoms with Gasteiger partial charge in [-0.1, -0.05) is 36.4 Å². The van der Waals surface area contributed by atoms with Gasteiger partial charge in [-0.25, -0.2) is 4.39 Å². The van der Waals surface area contributed by atoms with E-state index < -0.39 is 23.7 Å². The largest absolute Gasteiger partial charge is 0.462 e. The van der Waals surface area contributed by atoms with E-state index in [1.54, 1.807) is 38.1 Å². The van der Waals surface area contributed by atoms with Crippen molar-refractivity contribution in [1.82, 2.24) is 9.47 Å². The molecule has 0 bridgehead atoms. The lowest BCUT2D eigenvalue weighted by Crippen LogP contribution is -2.35. The van der Waals surface area contributed by atoms with Crippen LogP contribution in [0.3, 0.4) is 0 Å². The average molecular weight is 467 g/mol. The Kier molecular flexibility index (Phi) is 6.37. The summed E-state index contributed by atoms with van der Waals surface area (Å²) in [5.74, 6) is -1.45. The summed E-state index contributed by atoms with van der Waals surface area (Å²) in [4.78, 5) is 38.4. The first-order valence-corrected chi connectivity index (χ1v) is 11.3. The third-order valence-electron chi connectivity index (χ3n) is 5.37. The molecule has 0 saturated carbocycles. The van der Waals surface area contributed by atoms with Gasteiger partial charge in [0.2, 0.25) is 0 Å². The van der Waals surface area contributed by atoms with Gasteiger partial charge in [-0.2, -0.15) is 0 Å². The fourth-order valence-electron chi connectivity index (χ4n) is 3.84. The molecule has 1 aromatic heterocycles. The standard InChI is InChI=1S/C25H23FN2O4S/c1-15(2)32-23(29)14-28-24(30)22(33-25(28)31)12-19-16(3)27(21-11-7-5-9-18(19)21)13-17-8-4-6-10-20(17)26/h4-12,15H,13-14H2,1-3H3/b22-12-. The van der Waals surface area contributed by atoms with Crippen LogP contribution in [0.2, 0.25) is 0 Å². The number of hydrogen-bond donors (Lipinski definition) is 0. The third kappa shape index (κ3) is 4.57. The van der Waals surface area contributed by atoms with E-state index in [-0.39, 0.29) is 16.8 Å². The lowest BCUT2D eigenvalue weighted by atomic mass is 10.1. The van der Waals surface area contributed by atoms with Crippen LogP contribution in [0.15, 0.2) is 53.4 Å². The van der Waals surface area contributed by atoms with Crippen LogP contribution in [0, 0.1) is 12.7 Å². The molecule has 0 radical (unpaired) electrons. The Morgan fingerprint density at radius 1 is 1.12 bits per heavy atom. The van der Waals surface area contributed by atoms with Gasteiger partial charge in [-0.3, -0.25) is 19.3 Å². The molecule has 0 aliphatic carbocycles. The topological polar surface area (TPSA) is 68.6 Å². The highest BCUT2D eigenvalue weighted by Crippen LogP contribution is 2.36. The van der Waals surface area contributed by atoms with Crippen molar-refractivity contribution >= 4 is 45.9 Å². The van der Waals surface area contributed by atoms with Gasteiger partial charge in [-0.15, -0.1) is 0 Å². The Morgan fingerprint density at radius 2 is 1.82 bits per heavy atom. The van der Waals surface area contributed by atoms with Crippen molar-refractivity contribution in [2.75, 3.05) is 6.54 Å². The second kappa shape index (κ2) is 9.23. The highest BCUT2D eigenvalue weighted by molar-refractivity contribution is 8.18. The van der Waals surface area contributed by atoms with Crippen LogP contribution in [0.5, 0.6) is 0 Å². The number of hydrogen-bond acceptors (Lipinski definition) is 5. The van der Waals surface area contributed by atoms with Crippen LogP contribution in [0.4, 0.5) is 9.18 Å². The molecule has 0 atom stereocenters. The molecule has 33 heavy (non-hydrogen) atoms. The summed E-state index contributed by atoms with van der Waals surface area (Å²) in [6, 6.07) is 14.3. The van der Waals surface area contributed by atoms with E-state index >= 15 is 0 Å². The fourth-order valence-corrected chi connectivity index (χ4v) is 4.66. The summed E-state index contributed by atoms with van der Waals surface area (Å²) >= 11 is 0.792. The van der Waals surface area contributed by atoms with Crippen molar-refractivity contribution in [2.45, 2.75) is 33.4 Å². The number of benzene rings is 2. The van der Waals surface area contributed by atoms with Gasteiger partial charge in [0.05, 0.1) is 17.6 Å². The lowest BCUT2D eigenvalue weighted by molar-refractivity contribution is -0.149. The van der Waals surface area contributed by atoms with Gasteiger partial charge in [0.15, 0.2) is 0 Å². The number of imide groups is 1. The molecule has 6 nitrogen and oxygen atoms in total. The van der Waals surface area contributed by atoms with Gasteiger partial charge < -0.3 is 9.30 Å². The maximum absolute atomic E-state index is 14.3. The van der Waals surface area contributed by atoms with Gasteiger partial charge in [0, 0.05) is 27.7 Å². The number of rotatable bonds is 6. The molecule has 2 aromatic carbocycles. The smallest absolute Gasteiger partial charge is 0.326 e. The molecule has 0 N–H and O–H groups in total. The van der Waals surface area contributed by atoms with Crippen LogP contribution < -0.4 is 0 Å². The van der Waals surface area contributed by atoms with Crippen LogP contribution >= 0.6 is 11.8 Å². The Bertz CT molecular complexity index is 1290. The predicted octanol–water partition coefficient (Wildman–Crippen LogP) is 5.13. The van der Waals surface area contributed by atoms with E-state index in [2.05, 4.69) is 0 Å². The maximum atomic E-state index is 14.3. The number of fused-ring (bicyclic) bond motifs is 1. The van der Waals surface area contributed by atoms with Gasteiger partial charge in [-0.05, 0) is 50.7 Å². The normalized spacial score (nSPS) is 15.3. The monoisotopic (exact) mass is 466 g/mol. The quantitative estimate of drug-likeness (QED) is 0.372. The molecule has 170 valence electrons. The Morgan fingerprint density at radius 3 is 2.55 bits per heavy atom. The number of ether oxygens (including phenoxy) is 1.